The van der Waals surface area contributed by atoms with Gasteiger partial charge in [-0.25, -0.2) is 8.42 Å². The first-order valence-corrected chi connectivity index (χ1v) is 10.4. The highest BCUT2D eigenvalue weighted by Gasteiger charge is 2.27. The molecule has 3 aromatic heterocycles. The molecule has 3 heterocycles. The summed E-state index contributed by atoms with van der Waals surface area (Å²) in [5, 5.41) is 1.95. The van der Waals surface area contributed by atoms with Gasteiger partial charge in [0.1, 0.15) is 4.21 Å². The highest BCUT2D eigenvalue weighted by atomic mass is 35.5. The number of thiophene rings is 2. The van der Waals surface area contributed by atoms with Crippen molar-refractivity contribution in [1.82, 2.24) is 8.87 Å². The Kier molecular flexibility index (Phi) is 4.93. The van der Waals surface area contributed by atoms with E-state index in [1.807, 2.05) is 47.5 Å². The smallest absolute Gasteiger partial charge is 0.253 e. The van der Waals surface area contributed by atoms with Crippen molar-refractivity contribution in [2.75, 3.05) is 0 Å². The predicted molar refractivity (Wildman–Crippen MR) is 95.5 cm³/mol. The maximum absolute atomic E-state index is 13.0. The monoisotopic (exact) mass is 386 g/mol. The number of sulfonamides is 1. The van der Waals surface area contributed by atoms with Gasteiger partial charge in [-0.15, -0.1) is 22.7 Å². The van der Waals surface area contributed by atoms with Crippen molar-refractivity contribution < 1.29 is 8.42 Å². The molecule has 23 heavy (non-hydrogen) atoms. The Morgan fingerprint density at radius 3 is 2.57 bits per heavy atom. The molecule has 3 rings (SSSR count). The number of nitrogens with zero attached hydrogens (tertiary/aromatic N) is 2. The molecule has 4 nitrogen and oxygen atoms in total. The lowest BCUT2D eigenvalue weighted by Crippen LogP contribution is -2.30. The van der Waals surface area contributed by atoms with E-state index >= 15 is 0 Å². The average molecular weight is 387 g/mol. The summed E-state index contributed by atoms with van der Waals surface area (Å²) in [5.41, 5.74) is 0.938. The van der Waals surface area contributed by atoms with Gasteiger partial charge in [-0.3, -0.25) is 0 Å². The standard InChI is InChI=1S/C15H15ClN2O2S3/c1-17-8-2-4-12(17)10-18(11-13-5-3-9-21-13)23(19,20)15-7-6-14(16)22-15/h2-9H,10-11H2,1H3. The Labute approximate surface area is 148 Å². The third-order valence-electron chi connectivity index (χ3n) is 3.44. The van der Waals surface area contributed by atoms with Crippen molar-refractivity contribution in [2.24, 2.45) is 7.05 Å². The Hall–Kier alpha value is -1.12. The van der Waals surface area contributed by atoms with Gasteiger partial charge in [0.05, 0.1) is 10.9 Å². The van der Waals surface area contributed by atoms with Crippen LogP contribution in [0.15, 0.2) is 52.2 Å². The molecule has 122 valence electrons. The van der Waals surface area contributed by atoms with Crippen molar-refractivity contribution in [3.05, 3.63) is 62.9 Å². The largest absolute Gasteiger partial charge is 0.353 e. The van der Waals surface area contributed by atoms with Crippen LogP contribution < -0.4 is 0 Å². The molecule has 0 fully saturated rings. The van der Waals surface area contributed by atoms with E-state index < -0.39 is 10.0 Å². The number of aryl methyl sites for hydroxylation is 1. The third kappa shape index (κ3) is 3.70. The summed E-state index contributed by atoms with van der Waals surface area (Å²) in [6.45, 7) is 0.667. The summed E-state index contributed by atoms with van der Waals surface area (Å²) >= 11 is 8.55. The van der Waals surface area contributed by atoms with Gasteiger partial charge in [-0.05, 0) is 35.7 Å². The first-order chi connectivity index (χ1) is 11.0. The number of rotatable bonds is 6. The molecule has 0 bridgehead atoms. The molecule has 0 atom stereocenters. The summed E-state index contributed by atoms with van der Waals surface area (Å²) in [6.07, 6.45) is 1.91. The molecule has 0 radical (unpaired) electrons. The molecule has 0 spiro atoms. The average Bonchev–Trinajstić information content (AvgIpc) is 3.22. The van der Waals surface area contributed by atoms with Gasteiger partial charge >= 0.3 is 0 Å². The lowest BCUT2D eigenvalue weighted by molar-refractivity contribution is 0.396. The molecule has 0 amide bonds. The molecular formula is C15H15ClN2O2S3. The van der Waals surface area contributed by atoms with Crippen LogP contribution in [0.2, 0.25) is 4.34 Å². The molecule has 0 N–H and O–H groups in total. The summed E-state index contributed by atoms with van der Waals surface area (Å²) in [4.78, 5) is 1.01. The van der Waals surface area contributed by atoms with E-state index in [-0.39, 0.29) is 4.21 Å². The van der Waals surface area contributed by atoms with Crippen LogP contribution in [0.4, 0.5) is 0 Å². The van der Waals surface area contributed by atoms with E-state index in [2.05, 4.69) is 0 Å². The molecule has 0 aliphatic carbocycles. The maximum atomic E-state index is 13.0. The van der Waals surface area contributed by atoms with Crippen LogP contribution in [-0.4, -0.2) is 17.3 Å². The summed E-state index contributed by atoms with van der Waals surface area (Å²) in [7, 11) is -1.68. The topological polar surface area (TPSA) is 42.3 Å². The van der Waals surface area contributed by atoms with E-state index in [4.69, 9.17) is 11.6 Å². The van der Waals surface area contributed by atoms with Gasteiger partial charge in [-0.1, -0.05) is 17.7 Å². The lowest BCUT2D eigenvalue weighted by Gasteiger charge is -2.21. The van der Waals surface area contributed by atoms with Crippen molar-refractivity contribution in [3.8, 4) is 0 Å². The number of hydrogen-bond acceptors (Lipinski definition) is 4. The van der Waals surface area contributed by atoms with Gasteiger partial charge in [0.25, 0.3) is 10.0 Å². The van der Waals surface area contributed by atoms with Crippen LogP contribution in [0.3, 0.4) is 0 Å². The van der Waals surface area contributed by atoms with Crippen LogP contribution in [0, 0.1) is 0 Å². The third-order valence-corrected chi connectivity index (χ3v) is 7.80. The van der Waals surface area contributed by atoms with E-state index in [0.29, 0.717) is 17.4 Å². The Morgan fingerprint density at radius 1 is 1.17 bits per heavy atom. The van der Waals surface area contributed by atoms with Crippen molar-refractivity contribution in [1.29, 1.82) is 0 Å². The van der Waals surface area contributed by atoms with Crippen LogP contribution in [0.5, 0.6) is 0 Å². The molecule has 0 aliphatic rings. The molecule has 0 aromatic carbocycles. The summed E-state index contributed by atoms with van der Waals surface area (Å²) in [5.74, 6) is 0. The maximum Gasteiger partial charge on any atom is 0.253 e. The minimum atomic E-state index is -3.59. The van der Waals surface area contributed by atoms with Crippen LogP contribution in [0.1, 0.15) is 10.6 Å². The zero-order valence-electron chi connectivity index (χ0n) is 12.3. The predicted octanol–water partition coefficient (Wildman–Crippen LogP) is 4.19. The quantitative estimate of drug-likeness (QED) is 0.637. The van der Waals surface area contributed by atoms with Gasteiger partial charge in [0, 0.05) is 30.4 Å². The zero-order chi connectivity index (χ0) is 16.4. The van der Waals surface area contributed by atoms with Gasteiger partial charge in [0.15, 0.2) is 0 Å². The second kappa shape index (κ2) is 6.78. The first kappa shape index (κ1) is 16.7. The fraction of sp³-hybridized carbons (Fsp3) is 0.200. The lowest BCUT2D eigenvalue weighted by atomic mass is 10.4. The van der Waals surface area contributed by atoms with E-state index in [9.17, 15) is 8.42 Å². The van der Waals surface area contributed by atoms with Crippen molar-refractivity contribution in [2.45, 2.75) is 17.3 Å². The summed E-state index contributed by atoms with van der Waals surface area (Å²) in [6, 6.07) is 10.9. The second-order valence-corrected chi connectivity index (χ2v) is 9.93. The van der Waals surface area contributed by atoms with Crippen LogP contribution in [-0.2, 0) is 30.2 Å². The molecule has 0 saturated heterocycles. The van der Waals surface area contributed by atoms with E-state index in [0.717, 1.165) is 21.9 Å². The van der Waals surface area contributed by atoms with Crippen molar-refractivity contribution in [3.63, 3.8) is 0 Å². The number of aromatic nitrogens is 1. The molecule has 0 unspecified atom stereocenters. The summed E-state index contributed by atoms with van der Waals surface area (Å²) < 4.78 is 30.1. The second-order valence-electron chi connectivity index (χ2n) is 5.02. The van der Waals surface area contributed by atoms with Crippen LogP contribution in [0.25, 0.3) is 0 Å². The van der Waals surface area contributed by atoms with E-state index in [1.165, 1.54) is 4.31 Å². The minimum absolute atomic E-state index is 0.272. The Balaban J connectivity index is 1.95. The fourth-order valence-corrected chi connectivity index (χ4v) is 6.03. The normalized spacial score (nSPS) is 12.1. The zero-order valence-corrected chi connectivity index (χ0v) is 15.6. The minimum Gasteiger partial charge on any atom is -0.353 e. The molecule has 0 saturated carbocycles. The highest BCUT2D eigenvalue weighted by Crippen LogP contribution is 2.30. The Bertz CT molecular complexity index is 882. The van der Waals surface area contributed by atoms with E-state index in [1.54, 1.807) is 23.5 Å². The van der Waals surface area contributed by atoms with Crippen molar-refractivity contribution >= 4 is 44.3 Å². The molecule has 8 heteroatoms. The van der Waals surface area contributed by atoms with Gasteiger partial charge in [-0.2, -0.15) is 4.31 Å². The van der Waals surface area contributed by atoms with Crippen LogP contribution >= 0.6 is 34.3 Å². The number of hydrogen-bond donors (Lipinski definition) is 0. The first-order valence-electron chi connectivity index (χ1n) is 6.85. The molecule has 3 aromatic rings. The number of halogens is 1. The fourth-order valence-electron chi connectivity index (χ4n) is 2.21. The van der Waals surface area contributed by atoms with Gasteiger partial charge < -0.3 is 4.57 Å². The SMILES string of the molecule is Cn1cccc1CN(Cc1cccs1)S(=O)(=O)c1ccc(Cl)s1. The van der Waals surface area contributed by atoms with Gasteiger partial charge in [0.2, 0.25) is 0 Å². The Morgan fingerprint density at radius 2 is 2.00 bits per heavy atom. The molecular weight excluding hydrogens is 372 g/mol. The molecule has 0 aliphatic heterocycles. The highest BCUT2D eigenvalue weighted by molar-refractivity contribution is 7.91.